The molecule has 0 aromatic carbocycles. The Balaban J connectivity index is 1.95. The van der Waals surface area contributed by atoms with Crippen LogP contribution in [0.3, 0.4) is 0 Å². The fraction of sp³-hybridized carbons (Fsp3) is 0.667. The molecule has 0 aromatic heterocycles. The topological polar surface area (TPSA) is 9.23 Å². The first kappa shape index (κ1) is 7.81. The molecular weight excluding hydrogens is 160 g/mol. The van der Waals surface area contributed by atoms with Crippen molar-refractivity contribution in [3.05, 3.63) is 24.3 Å². The second-order valence-corrected chi connectivity index (χ2v) is 4.49. The number of ether oxygens (including phenoxy) is 1. The minimum atomic E-state index is 0.518. The van der Waals surface area contributed by atoms with Gasteiger partial charge in [0, 0.05) is 5.92 Å². The minimum absolute atomic E-state index is 0.518. The molecule has 2 heterocycles. The van der Waals surface area contributed by atoms with Crippen LogP contribution in [-0.4, -0.2) is 12.7 Å². The molecule has 0 aromatic rings. The molecule has 2 bridgehead atoms. The molecule has 0 amide bonds. The summed E-state index contributed by atoms with van der Waals surface area (Å²) in [5.74, 6) is 2.27. The quantitative estimate of drug-likeness (QED) is 0.551. The lowest BCUT2D eigenvalue weighted by atomic mass is 9.75. The summed E-state index contributed by atoms with van der Waals surface area (Å²) in [7, 11) is 0. The van der Waals surface area contributed by atoms with Gasteiger partial charge >= 0.3 is 0 Å². The van der Waals surface area contributed by atoms with Gasteiger partial charge in [0.1, 0.15) is 0 Å². The zero-order valence-corrected chi connectivity index (χ0v) is 7.86. The van der Waals surface area contributed by atoms with Gasteiger partial charge in [-0.3, -0.25) is 0 Å². The largest absolute Gasteiger partial charge is 0.377 e. The van der Waals surface area contributed by atoms with Crippen molar-refractivity contribution >= 4 is 0 Å². The molecule has 1 heteroatoms. The van der Waals surface area contributed by atoms with E-state index in [4.69, 9.17) is 4.74 Å². The maximum atomic E-state index is 5.89. The Bertz CT molecular complexity index is 224. The van der Waals surface area contributed by atoms with Crippen molar-refractivity contribution < 1.29 is 4.74 Å². The van der Waals surface area contributed by atoms with Gasteiger partial charge in [-0.1, -0.05) is 30.7 Å². The van der Waals surface area contributed by atoms with Gasteiger partial charge < -0.3 is 4.74 Å². The van der Waals surface area contributed by atoms with Crippen molar-refractivity contribution in [1.82, 2.24) is 0 Å². The van der Waals surface area contributed by atoms with Gasteiger partial charge in [0.2, 0.25) is 0 Å². The second-order valence-electron chi connectivity index (χ2n) is 4.49. The van der Waals surface area contributed by atoms with Crippen LogP contribution in [0.4, 0.5) is 0 Å². The molecule has 3 fully saturated rings. The Morgan fingerprint density at radius 2 is 1.85 bits per heavy atom. The van der Waals surface area contributed by atoms with Crippen LogP contribution in [0.15, 0.2) is 24.3 Å². The summed E-state index contributed by atoms with van der Waals surface area (Å²) < 4.78 is 5.89. The van der Waals surface area contributed by atoms with Gasteiger partial charge in [0.15, 0.2) is 0 Å². The summed E-state index contributed by atoms with van der Waals surface area (Å²) in [4.78, 5) is 0. The van der Waals surface area contributed by atoms with Crippen molar-refractivity contribution in [3.8, 4) is 0 Å². The van der Waals surface area contributed by atoms with Gasteiger partial charge in [-0.15, -0.1) is 0 Å². The fourth-order valence-electron chi connectivity index (χ4n) is 3.09. The fourth-order valence-corrected chi connectivity index (χ4v) is 3.09. The van der Waals surface area contributed by atoms with Crippen molar-refractivity contribution in [2.24, 2.45) is 17.8 Å². The standard InChI is InChI=1S/C12H16O/c1-2-6-11-10(5-1)9-4-3-7-12(11)13-8-9/h1-2,5-6,9-12H,3-4,7-8H2. The summed E-state index contributed by atoms with van der Waals surface area (Å²) in [6, 6.07) is 0. The summed E-state index contributed by atoms with van der Waals surface area (Å²) in [6.45, 7) is 1.00. The van der Waals surface area contributed by atoms with Crippen LogP contribution < -0.4 is 0 Å². The average Bonchev–Trinajstić information content (AvgIpc) is 2.52. The number of hydrogen-bond acceptors (Lipinski definition) is 1. The third-order valence-electron chi connectivity index (χ3n) is 3.78. The Morgan fingerprint density at radius 3 is 2.77 bits per heavy atom. The van der Waals surface area contributed by atoms with Crippen LogP contribution in [0.5, 0.6) is 0 Å². The first-order valence-corrected chi connectivity index (χ1v) is 5.42. The van der Waals surface area contributed by atoms with Crippen LogP contribution in [0, 0.1) is 17.8 Å². The minimum Gasteiger partial charge on any atom is -0.377 e. The lowest BCUT2D eigenvalue weighted by molar-refractivity contribution is -0.0502. The van der Waals surface area contributed by atoms with Gasteiger partial charge in [0.05, 0.1) is 12.7 Å². The predicted molar refractivity (Wildman–Crippen MR) is 52.3 cm³/mol. The first-order chi connectivity index (χ1) is 6.45. The van der Waals surface area contributed by atoms with E-state index in [9.17, 15) is 0 Å². The first-order valence-electron chi connectivity index (χ1n) is 5.42. The highest BCUT2D eigenvalue weighted by Crippen LogP contribution is 2.42. The molecule has 1 nitrogen and oxygen atoms in total. The zero-order chi connectivity index (χ0) is 8.67. The molecule has 4 atom stereocenters. The Hall–Kier alpha value is -0.560. The molecule has 0 radical (unpaired) electrons. The molecule has 2 aliphatic heterocycles. The number of allylic oxidation sites excluding steroid dienone is 3. The third-order valence-corrected chi connectivity index (χ3v) is 3.78. The smallest absolute Gasteiger partial charge is 0.0643 e. The van der Waals surface area contributed by atoms with Crippen molar-refractivity contribution in [2.75, 3.05) is 6.61 Å². The molecule has 4 unspecified atom stereocenters. The van der Waals surface area contributed by atoms with Crippen LogP contribution in [0.25, 0.3) is 0 Å². The lowest BCUT2D eigenvalue weighted by Crippen LogP contribution is -2.38. The molecule has 0 N–H and O–H groups in total. The molecule has 13 heavy (non-hydrogen) atoms. The summed E-state index contributed by atoms with van der Waals surface area (Å²) in [5, 5.41) is 0. The van der Waals surface area contributed by atoms with E-state index in [0.29, 0.717) is 12.0 Å². The van der Waals surface area contributed by atoms with E-state index in [1.165, 1.54) is 19.3 Å². The number of rotatable bonds is 0. The van der Waals surface area contributed by atoms with E-state index in [1.54, 1.807) is 0 Å². The molecule has 1 saturated carbocycles. The number of hydrogen-bond donors (Lipinski definition) is 0. The summed E-state index contributed by atoms with van der Waals surface area (Å²) in [6.07, 6.45) is 13.7. The van der Waals surface area contributed by atoms with Gasteiger partial charge in [0.25, 0.3) is 0 Å². The average molecular weight is 176 g/mol. The van der Waals surface area contributed by atoms with Gasteiger partial charge in [-0.05, 0) is 24.7 Å². The van der Waals surface area contributed by atoms with Crippen molar-refractivity contribution in [2.45, 2.75) is 25.4 Å². The maximum absolute atomic E-state index is 5.89. The molecular formula is C12H16O. The second kappa shape index (κ2) is 2.98. The summed E-state index contributed by atoms with van der Waals surface area (Å²) in [5.41, 5.74) is 0. The predicted octanol–water partition coefficient (Wildman–Crippen LogP) is 2.54. The van der Waals surface area contributed by atoms with E-state index in [2.05, 4.69) is 24.3 Å². The molecule has 4 rings (SSSR count). The molecule has 0 spiro atoms. The molecule has 4 aliphatic rings. The van der Waals surface area contributed by atoms with E-state index >= 15 is 0 Å². The summed E-state index contributed by atoms with van der Waals surface area (Å²) >= 11 is 0. The number of fused-ring (bicyclic) bond motifs is 3. The highest BCUT2D eigenvalue weighted by atomic mass is 16.5. The van der Waals surface area contributed by atoms with Crippen LogP contribution in [0.1, 0.15) is 19.3 Å². The lowest BCUT2D eigenvalue weighted by Gasteiger charge is -2.38. The third kappa shape index (κ3) is 1.18. The van der Waals surface area contributed by atoms with Crippen molar-refractivity contribution in [1.29, 1.82) is 0 Å². The van der Waals surface area contributed by atoms with Gasteiger partial charge in [-0.25, -0.2) is 0 Å². The molecule has 2 aliphatic carbocycles. The Morgan fingerprint density at radius 1 is 1.00 bits per heavy atom. The van der Waals surface area contributed by atoms with Gasteiger partial charge in [-0.2, -0.15) is 0 Å². The zero-order valence-electron chi connectivity index (χ0n) is 7.86. The van der Waals surface area contributed by atoms with E-state index in [1.807, 2.05) is 0 Å². The van der Waals surface area contributed by atoms with E-state index in [0.717, 1.165) is 18.4 Å². The Labute approximate surface area is 79.5 Å². The highest BCUT2D eigenvalue weighted by molar-refractivity contribution is 5.18. The molecule has 70 valence electrons. The van der Waals surface area contributed by atoms with Crippen LogP contribution >= 0.6 is 0 Å². The maximum Gasteiger partial charge on any atom is 0.0643 e. The SMILES string of the molecule is C1=CC2C3CCCC(OC3)C2C=C1. The van der Waals surface area contributed by atoms with Crippen LogP contribution in [0.2, 0.25) is 0 Å². The Kier molecular flexibility index (Phi) is 1.79. The highest BCUT2D eigenvalue weighted by Gasteiger charge is 2.40. The monoisotopic (exact) mass is 176 g/mol. The molecule has 2 saturated heterocycles. The van der Waals surface area contributed by atoms with Crippen molar-refractivity contribution in [3.63, 3.8) is 0 Å². The normalized spacial score (nSPS) is 47.4. The van der Waals surface area contributed by atoms with Crippen LogP contribution in [-0.2, 0) is 4.74 Å². The van der Waals surface area contributed by atoms with E-state index in [-0.39, 0.29) is 0 Å². The van der Waals surface area contributed by atoms with E-state index < -0.39 is 0 Å².